The number of amides is 4. The minimum Gasteiger partial charge on any atom is -0.445 e. The largest absolute Gasteiger partial charge is 0.445 e. The zero-order valence-corrected chi connectivity index (χ0v) is 24.2. The summed E-state index contributed by atoms with van der Waals surface area (Å²) in [6.45, 7) is 6.33. The second-order valence-electron chi connectivity index (χ2n) is 9.95. The minimum atomic E-state index is -0.873. The molecule has 4 N–H and O–H groups in total. The van der Waals surface area contributed by atoms with E-state index in [0.29, 0.717) is 61.7 Å². The Kier molecular flexibility index (Phi) is 14.7. The summed E-state index contributed by atoms with van der Waals surface area (Å²) < 4.78 is 5.21. The van der Waals surface area contributed by atoms with Crippen LogP contribution < -0.4 is 16.0 Å². The van der Waals surface area contributed by atoms with E-state index in [4.69, 9.17) is 4.74 Å². The van der Waals surface area contributed by atoms with Crippen LogP contribution in [0.25, 0.3) is 0 Å². The third-order valence-electron chi connectivity index (χ3n) is 6.26. The van der Waals surface area contributed by atoms with E-state index in [0.717, 1.165) is 5.56 Å². The molecule has 1 aromatic carbocycles. The number of carbonyl (C=O) groups excluding carboxylic acids is 4. The summed E-state index contributed by atoms with van der Waals surface area (Å²) in [6.07, 6.45) is 4.27. The van der Waals surface area contributed by atoms with Crippen molar-refractivity contribution < 1.29 is 29.1 Å². The third-order valence-corrected chi connectivity index (χ3v) is 6.94. The molecule has 0 aliphatic rings. The molecule has 1 aromatic heterocycles. The molecule has 2 rings (SSSR count). The number of nitrogens with zero attached hydrogens (tertiary/aromatic N) is 2. The van der Waals surface area contributed by atoms with Crippen molar-refractivity contribution in [3.8, 4) is 0 Å². The minimum absolute atomic E-state index is 0.116. The Hall–Kier alpha value is -3.51. The molecule has 2 aromatic rings. The van der Waals surface area contributed by atoms with Crippen LogP contribution in [0.4, 0.5) is 9.93 Å². The lowest BCUT2D eigenvalue weighted by Gasteiger charge is -2.32. The zero-order valence-electron chi connectivity index (χ0n) is 23.4. The maximum atomic E-state index is 13.5. The van der Waals surface area contributed by atoms with Crippen molar-refractivity contribution in [3.63, 3.8) is 0 Å². The number of hydrogen-bond acceptors (Lipinski definition) is 8. The molecule has 1 heterocycles. The van der Waals surface area contributed by atoms with Crippen LogP contribution in [0, 0.1) is 11.8 Å². The second-order valence-corrected chi connectivity index (χ2v) is 10.8. The number of anilines is 1. The molecule has 0 aliphatic carbocycles. The van der Waals surface area contributed by atoms with E-state index < -0.39 is 35.9 Å². The van der Waals surface area contributed by atoms with Gasteiger partial charge in [-0.1, -0.05) is 57.5 Å². The van der Waals surface area contributed by atoms with E-state index >= 15 is 0 Å². The Labute approximate surface area is 239 Å². The Bertz CT molecular complexity index is 1040. The van der Waals surface area contributed by atoms with E-state index in [1.54, 1.807) is 11.6 Å². The van der Waals surface area contributed by atoms with Crippen molar-refractivity contribution >= 4 is 40.8 Å². The highest BCUT2D eigenvalue weighted by Crippen LogP contribution is 2.23. The smallest absolute Gasteiger partial charge is 0.407 e. The van der Waals surface area contributed by atoms with Crippen molar-refractivity contribution in [1.29, 1.82) is 0 Å². The van der Waals surface area contributed by atoms with Gasteiger partial charge in [0.25, 0.3) is 0 Å². The van der Waals surface area contributed by atoms with Crippen LogP contribution in [0.5, 0.6) is 0 Å². The van der Waals surface area contributed by atoms with Gasteiger partial charge in [0.2, 0.25) is 18.2 Å². The van der Waals surface area contributed by atoms with Gasteiger partial charge in [-0.15, -0.1) is 11.3 Å². The topological polar surface area (TPSA) is 150 Å². The lowest BCUT2D eigenvalue weighted by atomic mass is 9.86. The van der Waals surface area contributed by atoms with Gasteiger partial charge in [0.1, 0.15) is 12.6 Å². The first-order valence-electron chi connectivity index (χ1n) is 13.6. The van der Waals surface area contributed by atoms with Crippen LogP contribution in [-0.2, 0) is 25.7 Å². The Balaban J connectivity index is 1.98. The third kappa shape index (κ3) is 11.7. The van der Waals surface area contributed by atoms with Gasteiger partial charge in [0, 0.05) is 18.1 Å². The predicted octanol–water partition coefficient (Wildman–Crippen LogP) is 4.34. The molecule has 40 heavy (non-hydrogen) atoms. The molecule has 12 heteroatoms. The normalized spacial score (nSPS) is 13.1. The number of benzene rings is 1. The van der Waals surface area contributed by atoms with Crippen LogP contribution in [0.1, 0.15) is 64.9 Å². The van der Waals surface area contributed by atoms with Gasteiger partial charge >= 0.3 is 6.09 Å². The first-order chi connectivity index (χ1) is 19.2. The van der Waals surface area contributed by atoms with E-state index in [-0.39, 0.29) is 12.5 Å². The van der Waals surface area contributed by atoms with E-state index in [2.05, 4.69) is 20.9 Å². The molecule has 4 amide bonds. The van der Waals surface area contributed by atoms with Crippen molar-refractivity contribution in [2.75, 3.05) is 11.9 Å². The number of rotatable bonds is 18. The Morgan fingerprint density at radius 1 is 1.12 bits per heavy atom. The summed E-state index contributed by atoms with van der Waals surface area (Å²) in [5, 5.41) is 21.2. The average molecular weight is 576 g/mol. The standard InChI is InChI=1S/C28H41N5O6S/c1-4-10-24(33(38)19-34)22(17-20(2)3)25(35)31-23(26(36)32-27-29-15-16-40-27)13-8-9-14-30-28(37)39-18-21-11-6-5-7-12-21/h5-7,11-12,15-16,19-20,22-24,38H,4,8-10,13-14,17-18H2,1-3H3,(H,30,37)(H,31,35)(H,29,32,36)/t22-,23+,24+/m1/s1. The number of nitrogens with one attached hydrogen (secondary N) is 3. The number of ether oxygens (including phenoxy) is 1. The summed E-state index contributed by atoms with van der Waals surface area (Å²) in [5.41, 5.74) is 0.886. The van der Waals surface area contributed by atoms with Crippen LogP contribution in [0.15, 0.2) is 41.9 Å². The van der Waals surface area contributed by atoms with E-state index in [9.17, 15) is 24.4 Å². The summed E-state index contributed by atoms with van der Waals surface area (Å²) in [4.78, 5) is 54.0. The van der Waals surface area contributed by atoms with Gasteiger partial charge in [0.15, 0.2) is 5.13 Å². The second kappa shape index (κ2) is 18.0. The number of aromatic nitrogens is 1. The fourth-order valence-electron chi connectivity index (χ4n) is 4.30. The van der Waals surface area contributed by atoms with E-state index in [1.165, 1.54) is 11.3 Å². The maximum absolute atomic E-state index is 13.5. The monoisotopic (exact) mass is 575 g/mol. The van der Waals surface area contributed by atoms with Crippen LogP contribution in [0.2, 0.25) is 0 Å². The molecule has 0 radical (unpaired) electrons. The average Bonchev–Trinajstić information content (AvgIpc) is 3.45. The molecular weight excluding hydrogens is 534 g/mol. The van der Waals surface area contributed by atoms with Gasteiger partial charge < -0.3 is 20.7 Å². The molecule has 0 fully saturated rings. The summed E-state index contributed by atoms with van der Waals surface area (Å²) in [7, 11) is 0. The van der Waals surface area contributed by atoms with Crippen molar-refractivity contribution in [3.05, 3.63) is 47.5 Å². The predicted molar refractivity (Wildman–Crippen MR) is 152 cm³/mol. The zero-order chi connectivity index (χ0) is 29.3. The number of unbranched alkanes of at least 4 members (excludes halogenated alkanes) is 1. The quantitative estimate of drug-likeness (QED) is 0.0894. The van der Waals surface area contributed by atoms with Gasteiger partial charge in [-0.3, -0.25) is 19.6 Å². The highest BCUT2D eigenvalue weighted by atomic mass is 32.1. The molecular formula is C28H41N5O6S. The molecule has 11 nitrogen and oxygen atoms in total. The number of hydroxylamine groups is 2. The molecule has 0 bridgehead atoms. The summed E-state index contributed by atoms with van der Waals surface area (Å²) in [6, 6.07) is 7.77. The molecule has 0 aliphatic heterocycles. The van der Waals surface area contributed by atoms with Crippen molar-refractivity contribution in [2.24, 2.45) is 11.8 Å². The van der Waals surface area contributed by atoms with Crippen LogP contribution >= 0.6 is 11.3 Å². The van der Waals surface area contributed by atoms with Gasteiger partial charge in [0.05, 0.1) is 12.0 Å². The molecule has 0 saturated heterocycles. The highest BCUT2D eigenvalue weighted by Gasteiger charge is 2.34. The maximum Gasteiger partial charge on any atom is 0.407 e. The molecule has 0 spiro atoms. The molecule has 220 valence electrons. The van der Waals surface area contributed by atoms with Crippen molar-refractivity contribution in [2.45, 2.75) is 78.0 Å². The highest BCUT2D eigenvalue weighted by molar-refractivity contribution is 7.13. The first-order valence-corrected chi connectivity index (χ1v) is 14.5. The fourth-order valence-corrected chi connectivity index (χ4v) is 4.83. The summed E-state index contributed by atoms with van der Waals surface area (Å²) in [5.74, 6) is -1.41. The lowest BCUT2D eigenvalue weighted by molar-refractivity contribution is -0.169. The van der Waals surface area contributed by atoms with Gasteiger partial charge in [-0.05, 0) is 43.6 Å². The van der Waals surface area contributed by atoms with Crippen LogP contribution in [0.3, 0.4) is 0 Å². The summed E-state index contributed by atoms with van der Waals surface area (Å²) >= 11 is 1.26. The number of hydrogen-bond donors (Lipinski definition) is 4. The molecule has 0 saturated carbocycles. The van der Waals surface area contributed by atoms with Crippen LogP contribution in [-0.4, -0.2) is 58.2 Å². The van der Waals surface area contributed by atoms with E-state index in [1.807, 2.05) is 51.1 Å². The molecule has 3 atom stereocenters. The first kappa shape index (κ1) is 32.7. The number of carbonyl (C=O) groups is 4. The Morgan fingerprint density at radius 3 is 2.50 bits per heavy atom. The number of alkyl carbamates (subject to hydrolysis) is 1. The Morgan fingerprint density at radius 2 is 1.88 bits per heavy atom. The number of thiazole rings is 1. The SMILES string of the molecule is CCC[C@@H]([C@@H](CC(C)C)C(=O)N[C@@H](CCCCNC(=O)OCc1ccccc1)C(=O)Nc1nccs1)N(O)C=O. The van der Waals surface area contributed by atoms with Crippen molar-refractivity contribution in [1.82, 2.24) is 20.7 Å². The molecule has 0 unspecified atom stereocenters. The fraction of sp³-hybridized carbons (Fsp3) is 0.536. The van der Waals surface area contributed by atoms with Gasteiger partial charge in [-0.2, -0.15) is 0 Å². The lowest BCUT2D eigenvalue weighted by Crippen LogP contribution is -2.51. The van der Waals surface area contributed by atoms with Gasteiger partial charge in [-0.25, -0.2) is 14.8 Å².